The van der Waals surface area contributed by atoms with E-state index in [4.69, 9.17) is 0 Å². The van der Waals surface area contributed by atoms with E-state index in [0.717, 1.165) is 5.52 Å². The lowest BCUT2D eigenvalue weighted by Crippen LogP contribution is -1.94. The number of aryl methyl sites for hydroxylation is 1. The van der Waals surface area contributed by atoms with E-state index in [-0.39, 0.29) is 0 Å². The van der Waals surface area contributed by atoms with Crippen LogP contribution in [-0.2, 0) is 0 Å². The molecule has 0 aliphatic rings. The average molecular weight is 235 g/mol. The van der Waals surface area contributed by atoms with Gasteiger partial charge in [0.15, 0.2) is 0 Å². The van der Waals surface area contributed by atoms with Crippen molar-refractivity contribution in [2.24, 2.45) is 0 Å². The summed E-state index contributed by atoms with van der Waals surface area (Å²) in [6.45, 7) is 6.69. The minimum absolute atomic E-state index is 0.523. The minimum atomic E-state index is 0.523. The van der Waals surface area contributed by atoms with Gasteiger partial charge in [-0.1, -0.05) is 38.1 Å². The number of hydrogen-bond donors (Lipinski definition) is 0. The molecule has 0 unspecified atom stereocenters. The number of nitrogens with zero attached hydrogens (tertiary/aromatic N) is 1. The Hall–Kier alpha value is -1.89. The molecule has 0 saturated carbocycles. The molecule has 0 aliphatic carbocycles. The molecule has 0 atom stereocenters. The van der Waals surface area contributed by atoms with Crippen LogP contribution in [0.5, 0.6) is 0 Å². The molecular formula is C17H17N. The first-order chi connectivity index (χ1) is 8.68. The number of pyridine rings is 1. The van der Waals surface area contributed by atoms with E-state index < -0.39 is 0 Å². The van der Waals surface area contributed by atoms with Crippen molar-refractivity contribution in [1.82, 2.24) is 4.98 Å². The first-order valence-corrected chi connectivity index (χ1v) is 6.45. The molecule has 90 valence electrons. The third-order valence-corrected chi connectivity index (χ3v) is 3.67. The normalized spacial score (nSPS) is 11.6. The van der Waals surface area contributed by atoms with Gasteiger partial charge in [0.05, 0.1) is 5.52 Å². The third kappa shape index (κ3) is 1.59. The molecule has 0 bridgehead atoms. The van der Waals surface area contributed by atoms with Crippen LogP contribution in [0.25, 0.3) is 21.7 Å². The lowest BCUT2D eigenvalue weighted by Gasteiger charge is -2.13. The molecule has 1 heterocycles. The largest absolute Gasteiger partial charge is 0.256 e. The molecule has 18 heavy (non-hydrogen) atoms. The van der Waals surface area contributed by atoms with Crippen molar-refractivity contribution in [2.75, 3.05) is 0 Å². The zero-order chi connectivity index (χ0) is 12.7. The summed E-state index contributed by atoms with van der Waals surface area (Å²) in [5.41, 5.74) is 3.85. The van der Waals surface area contributed by atoms with Gasteiger partial charge in [-0.15, -0.1) is 0 Å². The monoisotopic (exact) mass is 235 g/mol. The molecule has 0 N–H and O–H groups in total. The maximum Gasteiger partial charge on any atom is 0.0713 e. The fourth-order valence-corrected chi connectivity index (χ4v) is 2.74. The third-order valence-electron chi connectivity index (χ3n) is 3.67. The summed E-state index contributed by atoms with van der Waals surface area (Å²) >= 11 is 0. The Morgan fingerprint density at radius 1 is 1.06 bits per heavy atom. The summed E-state index contributed by atoms with van der Waals surface area (Å²) in [5.74, 6) is 0.523. The van der Waals surface area contributed by atoms with Crippen molar-refractivity contribution in [3.8, 4) is 0 Å². The van der Waals surface area contributed by atoms with Crippen molar-refractivity contribution in [3.05, 3.63) is 53.7 Å². The zero-order valence-corrected chi connectivity index (χ0v) is 11.1. The molecule has 0 fully saturated rings. The number of fused-ring (bicyclic) bond motifs is 2. The highest BCUT2D eigenvalue weighted by Gasteiger charge is 2.10. The summed E-state index contributed by atoms with van der Waals surface area (Å²) in [6, 6.07) is 12.9. The van der Waals surface area contributed by atoms with Gasteiger partial charge in [-0.3, -0.25) is 4.98 Å². The molecule has 2 aromatic carbocycles. The van der Waals surface area contributed by atoms with Gasteiger partial charge in [-0.25, -0.2) is 0 Å². The molecule has 0 aliphatic heterocycles. The lowest BCUT2D eigenvalue weighted by atomic mass is 9.93. The molecule has 0 amide bonds. The van der Waals surface area contributed by atoms with Crippen molar-refractivity contribution in [2.45, 2.75) is 26.7 Å². The fraction of sp³-hybridized carbons (Fsp3) is 0.235. The Morgan fingerprint density at radius 3 is 2.61 bits per heavy atom. The van der Waals surface area contributed by atoms with Gasteiger partial charge in [0, 0.05) is 11.6 Å². The quantitative estimate of drug-likeness (QED) is 0.551. The molecular weight excluding hydrogens is 218 g/mol. The highest BCUT2D eigenvalue weighted by atomic mass is 14.6. The van der Waals surface area contributed by atoms with Crippen molar-refractivity contribution >= 4 is 21.7 Å². The first-order valence-electron chi connectivity index (χ1n) is 6.45. The van der Waals surface area contributed by atoms with Gasteiger partial charge in [-0.2, -0.15) is 0 Å². The smallest absolute Gasteiger partial charge is 0.0713 e. The van der Waals surface area contributed by atoms with E-state index in [2.05, 4.69) is 62.2 Å². The molecule has 1 heteroatoms. The van der Waals surface area contributed by atoms with Crippen LogP contribution in [0.3, 0.4) is 0 Å². The average Bonchev–Trinajstić information content (AvgIpc) is 2.38. The van der Waals surface area contributed by atoms with E-state index in [1.807, 2.05) is 6.20 Å². The summed E-state index contributed by atoms with van der Waals surface area (Å²) < 4.78 is 0. The molecule has 0 radical (unpaired) electrons. The second kappa shape index (κ2) is 4.09. The summed E-state index contributed by atoms with van der Waals surface area (Å²) in [4.78, 5) is 4.54. The summed E-state index contributed by atoms with van der Waals surface area (Å²) in [7, 11) is 0. The van der Waals surface area contributed by atoms with Gasteiger partial charge < -0.3 is 0 Å². The molecule has 3 rings (SSSR count). The number of aromatic nitrogens is 1. The highest BCUT2D eigenvalue weighted by molar-refractivity contribution is 6.01. The predicted molar refractivity (Wildman–Crippen MR) is 78.1 cm³/mol. The number of hydrogen-bond acceptors (Lipinski definition) is 1. The van der Waals surface area contributed by atoms with Crippen LogP contribution < -0.4 is 0 Å². The van der Waals surface area contributed by atoms with E-state index in [1.54, 1.807) is 0 Å². The molecule has 3 aromatic rings. The van der Waals surface area contributed by atoms with Crippen molar-refractivity contribution in [1.29, 1.82) is 0 Å². The number of rotatable bonds is 1. The maximum atomic E-state index is 4.54. The minimum Gasteiger partial charge on any atom is -0.256 e. The van der Waals surface area contributed by atoms with Crippen LogP contribution in [0.1, 0.15) is 30.9 Å². The van der Waals surface area contributed by atoms with E-state index in [0.29, 0.717) is 5.92 Å². The van der Waals surface area contributed by atoms with Crippen LogP contribution in [0.2, 0.25) is 0 Å². The van der Waals surface area contributed by atoms with Gasteiger partial charge >= 0.3 is 0 Å². The van der Waals surface area contributed by atoms with Crippen molar-refractivity contribution < 1.29 is 0 Å². The topological polar surface area (TPSA) is 12.9 Å². The molecule has 0 spiro atoms. The molecule has 1 nitrogen and oxygen atoms in total. The Bertz CT molecular complexity index is 726. The summed E-state index contributed by atoms with van der Waals surface area (Å²) in [6.07, 6.45) is 1.92. The van der Waals surface area contributed by atoms with Gasteiger partial charge in [0.1, 0.15) is 0 Å². The van der Waals surface area contributed by atoms with E-state index >= 15 is 0 Å². The highest BCUT2D eigenvalue weighted by Crippen LogP contribution is 2.31. The Kier molecular flexibility index (Phi) is 2.55. The van der Waals surface area contributed by atoms with Gasteiger partial charge in [0.25, 0.3) is 0 Å². The first kappa shape index (κ1) is 11.2. The van der Waals surface area contributed by atoms with Gasteiger partial charge in [-0.05, 0) is 46.9 Å². The van der Waals surface area contributed by atoms with Crippen molar-refractivity contribution in [3.63, 3.8) is 0 Å². The van der Waals surface area contributed by atoms with Crippen LogP contribution in [0, 0.1) is 6.92 Å². The SMILES string of the molecule is Cc1c2ccccc2cc2nccc(C(C)C)c12. The van der Waals surface area contributed by atoms with Crippen LogP contribution >= 0.6 is 0 Å². The summed E-state index contributed by atoms with van der Waals surface area (Å²) in [5, 5.41) is 3.93. The van der Waals surface area contributed by atoms with E-state index in [1.165, 1.54) is 27.3 Å². The molecule has 0 saturated heterocycles. The maximum absolute atomic E-state index is 4.54. The van der Waals surface area contributed by atoms with Crippen LogP contribution in [0.15, 0.2) is 42.6 Å². The lowest BCUT2D eigenvalue weighted by molar-refractivity contribution is 0.874. The van der Waals surface area contributed by atoms with Crippen LogP contribution in [0.4, 0.5) is 0 Å². The van der Waals surface area contributed by atoms with Crippen LogP contribution in [-0.4, -0.2) is 4.98 Å². The fourth-order valence-electron chi connectivity index (χ4n) is 2.74. The second-order valence-electron chi connectivity index (χ2n) is 5.17. The zero-order valence-electron chi connectivity index (χ0n) is 11.1. The standard InChI is InChI=1S/C17H17N/c1-11(2)14-8-9-18-16-10-13-6-4-5-7-15(13)12(3)17(14)16/h4-11H,1-3H3. The van der Waals surface area contributed by atoms with Gasteiger partial charge in [0.2, 0.25) is 0 Å². The molecule has 1 aromatic heterocycles. The Morgan fingerprint density at radius 2 is 1.83 bits per heavy atom. The predicted octanol–water partition coefficient (Wildman–Crippen LogP) is 4.82. The van der Waals surface area contributed by atoms with E-state index in [9.17, 15) is 0 Å². The Labute approximate surface area is 107 Å². The second-order valence-corrected chi connectivity index (χ2v) is 5.17. The Balaban J connectivity index is 2.53. The number of benzene rings is 2.